The first-order chi connectivity index (χ1) is 7.70. The molecule has 0 aromatic heterocycles. The van der Waals surface area contributed by atoms with Gasteiger partial charge in [0.15, 0.2) is 0 Å². The van der Waals surface area contributed by atoms with Crippen molar-refractivity contribution in [3.8, 4) is 0 Å². The maximum Gasteiger partial charge on any atom is 0.0266 e. The smallest absolute Gasteiger partial charge is 0.0266 e. The fraction of sp³-hybridized carbons (Fsp3) is 0.600. The van der Waals surface area contributed by atoms with Crippen LogP contribution in [0.3, 0.4) is 0 Å². The van der Waals surface area contributed by atoms with Gasteiger partial charge < -0.3 is 5.73 Å². The molecule has 1 heteroatoms. The van der Waals surface area contributed by atoms with E-state index in [1.165, 1.54) is 37.7 Å². The SMILES string of the molecule is CC(N)c1ccccc1.CC1CCCCC1. The maximum absolute atomic E-state index is 5.61. The molecule has 0 bridgehead atoms. The third-order valence-corrected chi connectivity index (χ3v) is 3.22. The minimum atomic E-state index is 0.159. The molecule has 2 rings (SSSR count). The molecule has 0 amide bonds. The lowest BCUT2D eigenvalue weighted by Crippen LogP contribution is -2.03. The number of benzene rings is 1. The van der Waals surface area contributed by atoms with Crippen molar-refractivity contribution in [2.24, 2.45) is 11.7 Å². The quantitative estimate of drug-likeness (QED) is 0.749. The Hall–Kier alpha value is -0.820. The topological polar surface area (TPSA) is 26.0 Å². The van der Waals surface area contributed by atoms with Crippen LogP contribution in [0.25, 0.3) is 0 Å². The number of nitrogens with two attached hydrogens (primary N) is 1. The van der Waals surface area contributed by atoms with Crippen molar-refractivity contribution in [3.05, 3.63) is 35.9 Å². The molecule has 1 aromatic rings. The molecule has 16 heavy (non-hydrogen) atoms. The van der Waals surface area contributed by atoms with Crippen LogP contribution in [-0.2, 0) is 0 Å². The summed E-state index contributed by atoms with van der Waals surface area (Å²) in [5, 5.41) is 0. The first-order valence-corrected chi connectivity index (χ1v) is 6.50. The van der Waals surface area contributed by atoms with E-state index in [9.17, 15) is 0 Å². The standard InChI is InChI=1S/C8H11N.C7H14/c1-7(9)8-5-3-2-4-6-8;1-7-5-3-2-4-6-7/h2-7H,9H2,1H3;7H,2-6H2,1H3. The van der Waals surface area contributed by atoms with Crippen LogP contribution in [0.2, 0.25) is 0 Å². The van der Waals surface area contributed by atoms with Crippen LogP contribution in [0.4, 0.5) is 0 Å². The van der Waals surface area contributed by atoms with Crippen molar-refractivity contribution >= 4 is 0 Å². The van der Waals surface area contributed by atoms with E-state index in [1.54, 1.807) is 0 Å². The van der Waals surface area contributed by atoms with Crippen LogP contribution >= 0.6 is 0 Å². The van der Waals surface area contributed by atoms with E-state index < -0.39 is 0 Å². The molecule has 1 nitrogen and oxygen atoms in total. The molecular weight excluding hydrogens is 194 g/mol. The normalized spacial score (nSPS) is 18.4. The van der Waals surface area contributed by atoms with Crippen LogP contribution < -0.4 is 5.73 Å². The Morgan fingerprint density at radius 1 is 1.06 bits per heavy atom. The van der Waals surface area contributed by atoms with Crippen LogP contribution in [0.5, 0.6) is 0 Å². The van der Waals surface area contributed by atoms with Gasteiger partial charge in [0.05, 0.1) is 0 Å². The summed E-state index contributed by atoms with van der Waals surface area (Å²) < 4.78 is 0. The first kappa shape index (κ1) is 13.2. The van der Waals surface area contributed by atoms with Gasteiger partial charge in [-0.1, -0.05) is 69.4 Å². The highest BCUT2D eigenvalue weighted by molar-refractivity contribution is 5.17. The van der Waals surface area contributed by atoms with E-state index in [0.717, 1.165) is 5.92 Å². The summed E-state index contributed by atoms with van der Waals surface area (Å²) >= 11 is 0. The van der Waals surface area contributed by atoms with Crippen LogP contribution in [0.15, 0.2) is 30.3 Å². The molecule has 1 aliphatic carbocycles. The highest BCUT2D eigenvalue weighted by Crippen LogP contribution is 2.22. The lowest BCUT2D eigenvalue weighted by molar-refractivity contribution is 0.385. The molecule has 1 atom stereocenters. The Bertz CT molecular complexity index is 260. The largest absolute Gasteiger partial charge is 0.324 e. The molecule has 0 spiro atoms. The highest BCUT2D eigenvalue weighted by atomic mass is 14.6. The van der Waals surface area contributed by atoms with Gasteiger partial charge in [0, 0.05) is 6.04 Å². The van der Waals surface area contributed by atoms with Gasteiger partial charge >= 0.3 is 0 Å². The number of hydrogen-bond acceptors (Lipinski definition) is 1. The zero-order valence-corrected chi connectivity index (χ0v) is 10.7. The van der Waals surface area contributed by atoms with Crippen molar-refractivity contribution < 1.29 is 0 Å². The minimum Gasteiger partial charge on any atom is -0.324 e. The molecule has 0 heterocycles. The average Bonchev–Trinajstić information content (AvgIpc) is 2.32. The van der Waals surface area contributed by atoms with Crippen molar-refractivity contribution in [2.75, 3.05) is 0 Å². The van der Waals surface area contributed by atoms with Crippen molar-refractivity contribution in [2.45, 2.75) is 52.0 Å². The van der Waals surface area contributed by atoms with Gasteiger partial charge in [0.25, 0.3) is 0 Å². The van der Waals surface area contributed by atoms with Gasteiger partial charge in [-0.25, -0.2) is 0 Å². The summed E-state index contributed by atoms with van der Waals surface area (Å²) in [6.45, 7) is 4.34. The molecule has 0 radical (unpaired) electrons. The lowest BCUT2D eigenvalue weighted by Gasteiger charge is -2.15. The average molecular weight is 219 g/mol. The molecule has 1 aliphatic rings. The predicted octanol–water partition coefficient (Wildman–Crippen LogP) is 4.29. The maximum atomic E-state index is 5.61. The van der Waals surface area contributed by atoms with Gasteiger partial charge in [-0.3, -0.25) is 0 Å². The summed E-state index contributed by atoms with van der Waals surface area (Å²) in [6.07, 6.45) is 7.44. The Morgan fingerprint density at radius 2 is 1.62 bits per heavy atom. The Kier molecular flexibility index (Phi) is 6.17. The minimum absolute atomic E-state index is 0.159. The van der Waals surface area contributed by atoms with Crippen LogP contribution in [0.1, 0.15) is 57.6 Å². The highest BCUT2D eigenvalue weighted by Gasteiger charge is 2.05. The Morgan fingerprint density at radius 3 is 1.94 bits per heavy atom. The van der Waals surface area contributed by atoms with E-state index >= 15 is 0 Å². The monoisotopic (exact) mass is 219 g/mol. The summed E-state index contributed by atoms with van der Waals surface area (Å²) in [7, 11) is 0. The molecule has 2 N–H and O–H groups in total. The summed E-state index contributed by atoms with van der Waals surface area (Å²) in [5.41, 5.74) is 6.81. The Labute approximate surface area is 100 Å². The van der Waals surface area contributed by atoms with Crippen LogP contribution in [-0.4, -0.2) is 0 Å². The van der Waals surface area contributed by atoms with Crippen molar-refractivity contribution in [1.82, 2.24) is 0 Å². The molecule has 1 aromatic carbocycles. The number of hydrogen-bond donors (Lipinski definition) is 1. The van der Waals surface area contributed by atoms with Crippen molar-refractivity contribution in [1.29, 1.82) is 0 Å². The van der Waals surface area contributed by atoms with Crippen LogP contribution in [0, 0.1) is 5.92 Å². The third-order valence-electron chi connectivity index (χ3n) is 3.22. The van der Waals surface area contributed by atoms with E-state index in [4.69, 9.17) is 5.73 Å². The van der Waals surface area contributed by atoms with Gasteiger partial charge in [-0.15, -0.1) is 0 Å². The zero-order chi connectivity index (χ0) is 11.8. The van der Waals surface area contributed by atoms with Gasteiger partial charge in [-0.05, 0) is 18.4 Å². The molecule has 0 saturated heterocycles. The van der Waals surface area contributed by atoms with Gasteiger partial charge in [0.1, 0.15) is 0 Å². The predicted molar refractivity (Wildman–Crippen MR) is 71.3 cm³/mol. The van der Waals surface area contributed by atoms with E-state index in [-0.39, 0.29) is 6.04 Å². The second-order valence-electron chi connectivity index (χ2n) is 4.94. The second kappa shape index (κ2) is 7.45. The van der Waals surface area contributed by atoms with Gasteiger partial charge in [-0.2, -0.15) is 0 Å². The van der Waals surface area contributed by atoms with E-state index in [2.05, 4.69) is 6.92 Å². The lowest BCUT2D eigenvalue weighted by atomic mass is 9.91. The van der Waals surface area contributed by atoms with Crippen molar-refractivity contribution in [3.63, 3.8) is 0 Å². The summed E-state index contributed by atoms with van der Waals surface area (Å²) in [4.78, 5) is 0. The third kappa shape index (κ3) is 5.32. The van der Waals surface area contributed by atoms with E-state index in [0.29, 0.717) is 0 Å². The molecule has 1 saturated carbocycles. The fourth-order valence-corrected chi connectivity index (χ4v) is 2.06. The summed E-state index contributed by atoms with van der Waals surface area (Å²) in [6, 6.07) is 10.2. The molecule has 90 valence electrons. The number of rotatable bonds is 1. The van der Waals surface area contributed by atoms with E-state index in [1.807, 2.05) is 37.3 Å². The fourth-order valence-electron chi connectivity index (χ4n) is 2.06. The summed E-state index contributed by atoms with van der Waals surface area (Å²) in [5.74, 6) is 1.04. The molecule has 1 unspecified atom stereocenters. The molecule has 1 fully saturated rings. The molecular formula is C15H25N. The Balaban J connectivity index is 0.000000165. The van der Waals surface area contributed by atoms with Gasteiger partial charge in [0.2, 0.25) is 0 Å². The second-order valence-corrected chi connectivity index (χ2v) is 4.94. The molecule has 0 aliphatic heterocycles. The first-order valence-electron chi connectivity index (χ1n) is 6.50. The zero-order valence-electron chi connectivity index (χ0n) is 10.7.